The lowest BCUT2D eigenvalue weighted by atomic mass is 9.95. The number of Topliss-reactive ketones (excluding diaryl/α,β-unsaturated/α-hetero) is 1. The molecule has 0 aliphatic carbocycles. The monoisotopic (exact) mass is 484 g/mol. The molecular formula is C22H17BrN2O6. The van der Waals surface area contributed by atoms with Crippen LogP contribution in [0.2, 0.25) is 0 Å². The maximum Gasteiger partial charge on any atom is 0.301 e. The number of rotatable bonds is 4. The third kappa shape index (κ3) is 3.46. The van der Waals surface area contributed by atoms with E-state index in [0.717, 1.165) is 4.90 Å². The van der Waals surface area contributed by atoms with Crippen molar-refractivity contribution in [2.75, 3.05) is 12.0 Å². The van der Waals surface area contributed by atoms with Crippen molar-refractivity contribution < 1.29 is 29.1 Å². The summed E-state index contributed by atoms with van der Waals surface area (Å²) in [5.41, 5.74) is 0.682. The van der Waals surface area contributed by atoms with Crippen molar-refractivity contribution in [1.29, 1.82) is 0 Å². The number of nitrogens with zero attached hydrogens (tertiary/aromatic N) is 2. The molecular weight excluding hydrogens is 468 g/mol. The van der Waals surface area contributed by atoms with Crippen molar-refractivity contribution in [2.45, 2.75) is 13.0 Å². The van der Waals surface area contributed by atoms with Gasteiger partial charge in [0.2, 0.25) is 0 Å². The van der Waals surface area contributed by atoms with E-state index in [2.05, 4.69) is 21.1 Å². The SMILES string of the molecule is COc1cc([C@H]2/C(=C(\O)c3ccccc3)C(=O)C(=O)N2c2cc(C)on2)cc(Br)c1O. The van der Waals surface area contributed by atoms with Gasteiger partial charge in [-0.1, -0.05) is 35.5 Å². The van der Waals surface area contributed by atoms with Gasteiger partial charge in [0.25, 0.3) is 5.78 Å². The predicted octanol–water partition coefficient (Wildman–Crippen LogP) is 4.09. The number of anilines is 1. The number of aromatic hydroxyl groups is 1. The highest BCUT2D eigenvalue weighted by Crippen LogP contribution is 2.45. The summed E-state index contributed by atoms with van der Waals surface area (Å²) < 4.78 is 10.6. The van der Waals surface area contributed by atoms with Gasteiger partial charge in [-0.05, 0) is 40.5 Å². The maximum absolute atomic E-state index is 13.0. The number of amides is 1. The van der Waals surface area contributed by atoms with E-state index in [1.807, 2.05) is 0 Å². The molecule has 8 nitrogen and oxygen atoms in total. The van der Waals surface area contributed by atoms with Gasteiger partial charge < -0.3 is 19.5 Å². The van der Waals surface area contributed by atoms with Gasteiger partial charge in [0.1, 0.15) is 11.5 Å². The van der Waals surface area contributed by atoms with E-state index in [4.69, 9.17) is 9.26 Å². The molecule has 9 heteroatoms. The Hall–Kier alpha value is -3.59. The summed E-state index contributed by atoms with van der Waals surface area (Å²) in [6.07, 6.45) is 0. The van der Waals surface area contributed by atoms with E-state index in [1.54, 1.807) is 43.3 Å². The zero-order valence-corrected chi connectivity index (χ0v) is 18.1. The highest BCUT2D eigenvalue weighted by molar-refractivity contribution is 9.10. The number of ketones is 1. The van der Waals surface area contributed by atoms with Crippen LogP contribution < -0.4 is 9.64 Å². The molecule has 1 aliphatic rings. The fourth-order valence-corrected chi connectivity index (χ4v) is 3.97. The van der Waals surface area contributed by atoms with E-state index < -0.39 is 17.7 Å². The topological polar surface area (TPSA) is 113 Å². The lowest BCUT2D eigenvalue weighted by Crippen LogP contribution is -2.29. The molecule has 158 valence electrons. The summed E-state index contributed by atoms with van der Waals surface area (Å²) in [5.74, 6) is -1.48. The Balaban J connectivity index is 2.00. The van der Waals surface area contributed by atoms with Gasteiger partial charge in [-0.2, -0.15) is 0 Å². The Morgan fingerprint density at radius 2 is 1.90 bits per heavy atom. The molecule has 1 amide bonds. The summed E-state index contributed by atoms with van der Waals surface area (Å²) in [7, 11) is 1.38. The zero-order valence-electron chi connectivity index (χ0n) is 16.5. The smallest absolute Gasteiger partial charge is 0.301 e. The fourth-order valence-electron chi connectivity index (χ4n) is 3.51. The molecule has 31 heavy (non-hydrogen) atoms. The number of aliphatic hydroxyl groups excluding tert-OH is 1. The number of carbonyl (C=O) groups excluding carboxylic acids is 2. The first kappa shape index (κ1) is 20.7. The molecule has 2 N–H and O–H groups in total. The number of ether oxygens (including phenoxy) is 1. The van der Waals surface area contributed by atoms with Crippen LogP contribution in [0.15, 0.2) is 63.1 Å². The third-order valence-corrected chi connectivity index (χ3v) is 5.54. The molecule has 3 aromatic rings. The molecule has 0 saturated carbocycles. The molecule has 2 heterocycles. The van der Waals surface area contributed by atoms with Crippen LogP contribution in [0.4, 0.5) is 5.82 Å². The zero-order chi connectivity index (χ0) is 22.3. The Morgan fingerprint density at radius 1 is 1.19 bits per heavy atom. The van der Waals surface area contributed by atoms with Gasteiger partial charge in [-0.25, -0.2) is 0 Å². The van der Waals surface area contributed by atoms with Crippen LogP contribution in [0, 0.1) is 6.92 Å². The average Bonchev–Trinajstić information content (AvgIpc) is 3.31. The lowest BCUT2D eigenvalue weighted by Gasteiger charge is -2.23. The van der Waals surface area contributed by atoms with E-state index in [9.17, 15) is 19.8 Å². The third-order valence-electron chi connectivity index (χ3n) is 4.94. The molecule has 1 aliphatic heterocycles. The summed E-state index contributed by atoms with van der Waals surface area (Å²) in [5, 5.41) is 25.1. The van der Waals surface area contributed by atoms with Crippen LogP contribution in [0.25, 0.3) is 5.76 Å². The standard InChI is InChI=1S/C22H17BrN2O6/c1-11-8-16(24-31-11)25-18(13-9-14(23)20(27)15(10-13)30-2)17(21(28)22(25)29)19(26)12-6-4-3-5-7-12/h3-10,18,26-27H,1-2H3/b19-17+/t18-/m0/s1. The summed E-state index contributed by atoms with van der Waals surface area (Å²) in [4.78, 5) is 27.2. The first-order valence-electron chi connectivity index (χ1n) is 9.19. The molecule has 0 bridgehead atoms. The average molecular weight is 485 g/mol. The minimum Gasteiger partial charge on any atom is -0.507 e. The van der Waals surface area contributed by atoms with Crippen LogP contribution in [-0.4, -0.2) is 34.2 Å². The van der Waals surface area contributed by atoms with Crippen molar-refractivity contribution in [3.05, 3.63) is 75.5 Å². The highest BCUT2D eigenvalue weighted by atomic mass is 79.9. The molecule has 0 spiro atoms. The van der Waals surface area contributed by atoms with Gasteiger partial charge in [0.05, 0.1) is 23.2 Å². The van der Waals surface area contributed by atoms with E-state index in [-0.39, 0.29) is 28.6 Å². The number of aryl methyl sites for hydroxylation is 1. The second-order valence-corrected chi connectivity index (χ2v) is 7.74. The number of phenolic OH excluding ortho intramolecular Hbond substituents is 1. The van der Waals surface area contributed by atoms with Crippen molar-refractivity contribution in [2.24, 2.45) is 0 Å². The predicted molar refractivity (Wildman–Crippen MR) is 115 cm³/mol. The highest BCUT2D eigenvalue weighted by Gasteiger charge is 2.48. The van der Waals surface area contributed by atoms with Crippen LogP contribution in [-0.2, 0) is 9.59 Å². The van der Waals surface area contributed by atoms with Gasteiger partial charge in [0, 0.05) is 11.6 Å². The Morgan fingerprint density at radius 3 is 2.52 bits per heavy atom. The van der Waals surface area contributed by atoms with Crippen molar-refractivity contribution in [3.63, 3.8) is 0 Å². The second-order valence-electron chi connectivity index (χ2n) is 6.88. The number of methoxy groups -OCH3 is 1. The van der Waals surface area contributed by atoms with Gasteiger partial charge in [-0.15, -0.1) is 0 Å². The first-order valence-corrected chi connectivity index (χ1v) is 9.99. The quantitative estimate of drug-likeness (QED) is 0.325. The van der Waals surface area contributed by atoms with Gasteiger partial charge >= 0.3 is 5.91 Å². The minimum absolute atomic E-state index is 0.114. The van der Waals surface area contributed by atoms with Crippen molar-refractivity contribution >= 4 is 39.2 Å². The molecule has 0 unspecified atom stereocenters. The van der Waals surface area contributed by atoms with Crippen molar-refractivity contribution in [1.82, 2.24) is 5.16 Å². The number of aliphatic hydroxyl groups is 1. The number of hydrogen-bond donors (Lipinski definition) is 2. The first-order chi connectivity index (χ1) is 14.8. The Labute approximate surface area is 185 Å². The summed E-state index contributed by atoms with van der Waals surface area (Å²) in [6.45, 7) is 1.66. The molecule has 4 rings (SSSR count). The number of aromatic nitrogens is 1. The van der Waals surface area contributed by atoms with Crippen LogP contribution in [0.5, 0.6) is 11.5 Å². The van der Waals surface area contributed by atoms with E-state index in [0.29, 0.717) is 21.4 Å². The van der Waals surface area contributed by atoms with E-state index in [1.165, 1.54) is 19.2 Å². The Bertz CT molecular complexity index is 1220. The fraction of sp³-hybridized carbons (Fsp3) is 0.136. The minimum atomic E-state index is -1.03. The normalized spacial score (nSPS) is 17.9. The second kappa shape index (κ2) is 7.92. The van der Waals surface area contributed by atoms with Crippen LogP contribution in [0.1, 0.15) is 22.9 Å². The molecule has 0 radical (unpaired) electrons. The van der Waals surface area contributed by atoms with Crippen molar-refractivity contribution in [3.8, 4) is 11.5 Å². The summed E-state index contributed by atoms with van der Waals surface area (Å²) >= 11 is 3.27. The lowest BCUT2D eigenvalue weighted by molar-refractivity contribution is -0.132. The number of benzene rings is 2. The summed E-state index contributed by atoms with van der Waals surface area (Å²) in [6, 6.07) is 12.0. The molecule has 1 saturated heterocycles. The Kier molecular flexibility index (Phi) is 5.28. The number of halogens is 1. The molecule has 1 atom stereocenters. The number of phenols is 1. The molecule has 2 aromatic carbocycles. The van der Waals surface area contributed by atoms with Crippen LogP contribution >= 0.6 is 15.9 Å². The van der Waals surface area contributed by atoms with Gasteiger partial charge in [-0.3, -0.25) is 14.5 Å². The largest absolute Gasteiger partial charge is 0.507 e. The van der Waals surface area contributed by atoms with Gasteiger partial charge in [0.15, 0.2) is 17.3 Å². The van der Waals surface area contributed by atoms with E-state index >= 15 is 0 Å². The maximum atomic E-state index is 13.0. The molecule has 1 fully saturated rings. The number of hydrogen-bond acceptors (Lipinski definition) is 7. The van der Waals surface area contributed by atoms with Crippen LogP contribution in [0.3, 0.4) is 0 Å². The number of carbonyl (C=O) groups is 2. The molecule has 1 aromatic heterocycles.